The molecule has 1 N–H and O–H groups in total. The maximum atomic E-state index is 11.9. The van der Waals surface area contributed by atoms with E-state index in [9.17, 15) is 14.7 Å². The molecular formula is C14H13NO5. The molecule has 0 fully saturated rings. The van der Waals surface area contributed by atoms with E-state index >= 15 is 0 Å². The van der Waals surface area contributed by atoms with E-state index < -0.39 is 12.1 Å². The van der Waals surface area contributed by atoms with E-state index in [0.29, 0.717) is 0 Å². The number of aromatic nitrogens is 1. The first-order valence-electron chi connectivity index (χ1n) is 5.82. The highest BCUT2D eigenvalue weighted by molar-refractivity contribution is 5.92. The van der Waals surface area contributed by atoms with Gasteiger partial charge < -0.3 is 14.6 Å². The summed E-state index contributed by atoms with van der Waals surface area (Å²) in [6.07, 6.45) is 0.328. The quantitative estimate of drug-likeness (QED) is 0.868. The van der Waals surface area contributed by atoms with Crippen LogP contribution in [0.25, 0.3) is 0 Å². The molecule has 0 aliphatic heterocycles. The Hall–Kier alpha value is -2.76. The van der Waals surface area contributed by atoms with Crippen molar-refractivity contribution in [1.29, 1.82) is 0 Å². The molecule has 0 aliphatic carbocycles. The smallest absolute Gasteiger partial charge is 0.419 e. The maximum Gasteiger partial charge on any atom is 0.419 e. The van der Waals surface area contributed by atoms with Gasteiger partial charge in [0.1, 0.15) is 18.1 Å². The van der Waals surface area contributed by atoms with Gasteiger partial charge in [0.25, 0.3) is 0 Å². The first kappa shape index (κ1) is 13.7. The van der Waals surface area contributed by atoms with E-state index in [2.05, 4.69) is 4.74 Å². The van der Waals surface area contributed by atoms with Crippen LogP contribution in [0, 0.1) is 0 Å². The lowest BCUT2D eigenvalue weighted by atomic mass is 10.2. The van der Waals surface area contributed by atoms with Crippen LogP contribution in [-0.2, 0) is 16.1 Å². The fourth-order valence-corrected chi connectivity index (χ4v) is 1.65. The number of hydrogen-bond donors (Lipinski definition) is 1. The third-order valence-corrected chi connectivity index (χ3v) is 2.60. The second kappa shape index (κ2) is 5.92. The van der Waals surface area contributed by atoms with Crippen molar-refractivity contribution in [3.8, 4) is 5.75 Å². The van der Waals surface area contributed by atoms with Gasteiger partial charge in [0, 0.05) is 6.07 Å². The van der Waals surface area contributed by atoms with Crippen molar-refractivity contribution in [2.45, 2.75) is 6.61 Å². The molecule has 2 rings (SSSR count). The topological polar surface area (TPSA) is 77.8 Å². The fourth-order valence-electron chi connectivity index (χ4n) is 1.65. The number of esters is 1. The minimum absolute atomic E-state index is 0.0687. The van der Waals surface area contributed by atoms with Crippen molar-refractivity contribution in [3.05, 3.63) is 53.9 Å². The van der Waals surface area contributed by atoms with Crippen molar-refractivity contribution in [2.24, 2.45) is 0 Å². The van der Waals surface area contributed by atoms with Gasteiger partial charge in [-0.1, -0.05) is 30.3 Å². The Morgan fingerprint density at radius 3 is 2.60 bits per heavy atom. The summed E-state index contributed by atoms with van der Waals surface area (Å²) in [6.45, 7) is 0.0687. The molecule has 1 aromatic heterocycles. The van der Waals surface area contributed by atoms with Crippen LogP contribution in [0.1, 0.15) is 16.1 Å². The zero-order valence-electron chi connectivity index (χ0n) is 10.8. The van der Waals surface area contributed by atoms with Crippen LogP contribution in [0.5, 0.6) is 5.75 Å². The van der Waals surface area contributed by atoms with Crippen molar-refractivity contribution in [1.82, 2.24) is 4.57 Å². The fraction of sp³-hybridized carbons (Fsp3) is 0.143. The van der Waals surface area contributed by atoms with Gasteiger partial charge in [-0.25, -0.2) is 14.2 Å². The average Bonchev–Trinajstić information content (AvgIpc) is 2.87. The van der Waals surface area contributed by atoms with Crippen LogP contribution < -0.4 is 0 Å². The summed E-state index contributed by atoms with van der Waals surface area (Å²) in [5, 5.41) is 9.38. The Bertz CT molecular complexity index is 618. The van der Waals surface area contributed by atoms with Crippen LogP contribution >= 0.6 is 0 Å². The van der Waals surface area contributed by atoms with E-state index in [-0.39, 0.29) is 18.1 Å². The minimum atomic E-state index is -0.769. The third kappa shape index (κ3) is 2.97. The van der Waals surface area contributed by atoms with Crippen molar-refractivity contribution >= 4 is 12.1 Å². The Morgan fingerprint density at radius 2 is 1.95 bits per heavy atom. The van der Waals surface area contributed by atoms with Gasteiger partial charge in [0.05, 0.1) is 13.3 Å². The summed E-state index contributed by atoms with van der Waals surface area (Å²) < 4.78 is 10.5. The Labute approximate surface area is 115 Å². The number of rotatable bonds is 3. The van der Waals surface area contributed by atoms with Crippen LogP contribution in [0.3, 0.4) is 0 Å². The van der Waals surface area contributed by atoms with E-state index in [4.69, 9.17) is 4.74 Å². The van der Waals surface area contributed by atoms with E-state index in [1.54, 1.807) is 0 Å². The number of aromatic hydroxyl groups is 1. The summed E-state index contributed by atoms with van der Waals surface area (Å²) in [5.41, 5.74) is 0.722. The largest absolute Gasteiger partial charge is 0.506 e. The molecule has 1 aromatic carbocycles. The van der Waals surface area contributed by atoms with Gasteiger partial charge in [0.15, 0.2) is 0 Å². The zero-order chi connectivity index (χ0) is 14.5. The van der Waals surface area contributed by atoms with Crippen LogP contribution in [0.15, 0.2) is 42.6 Å². The first-order valence-corrected chi connectivity index (χ1v) is 5.82. The molecule has 6 nitrogen and oxygen atoms in total. The van der Waals surface area contributed by atoms with Gasteiger partial charge in [-0.3, -0.25) is 0 Å². The second-order valence-corrected chi connectivity index (χ2v) is 3.99. The predicted octanol–water partition coefficient (Wildman–Crippen LogP) is 2.17. The van der Waals surface area contributed by atoms with Crippen molar-refractivity contribution in [2.75, 3.05) is 7.11 Å². The highest BCUT2D eigenvalue weighted by Crippen LogP contribution is 2.16. The van der Waals surface area contributed by atoms with Crippen molar-refractivity contribution in [3.63, 3.8) is 0 Å². The number of hydrogen-bond acceptors (Lipinski definition) is 5. The molecule has 6 heteroatoms. The Kier molecular flexibility index (Phi) is 4.05. The molecule has 1 heterocycles. The molecule has 0 amide bonds. The number of carbonyl (C=O) groups excluding carboxylic acids is 2. The average molecular weight is 275 g/mol. The first-order chi connectivity index (χ1) is 9.61. The lowest BCUT2D eigenvalue weighted by Crippen LogP contribution is -2.18. The molecule has 0 saturated heterocycles. The predicted molar refractivity (Wildman–Crippen MR) is 69.5 cm³/mol. The summed E-state index contributed by atoms with van der Waals surface area (Å²) in [6, 6.07) is 10.2. The van der Waals surface area contributed by atoms with Gasteiger partial charge in [0.2, 0.25) is 0 Å². The molecule has 104 valence electrons. The Balaban J connectivity index is 2.11. The lowest BCUT2D eigenvalue weighted by Gasteiger charge is -2.07. The van der Waals surface area contributed by atoms with E-state index in [1.165, 1.54) is 7.11 Å². The van der Waals surface area contributed by atoms with E-state index in [0.717, 1.165) is 22.4 Å². The number of carbonyl (C=O) groups is 2. The lowest BCUT2D eigenvalue weighted by molar-refractivity contribution is 0.0584. The molecule has 0 aliphatic rings. The molecule has 0 bridgehead atoms. The number of methoxy groups -OCH3 is 1. The zero-order valence-corrected chi connectivity index (χ0v) is 10.8. The summed E-state index contributed by atoms with van der Waals surface area (Å²) in [4.78, 5) is 23.4. The van der Waals surface area contributed by atoms with Crippen LogP contribution in [0.4, 0.5) is 4.79 Å². The molecule has 0 saturated carbocycles. The third-order valence-electron chi connectivity index (χ3n) is 2.60. The molecule has 0 radical (unpaired) electrons. The van der Waals surface area contributed by atoms with E-state index in [1.807, 2.05) is 30.3 Å². The molecule has 20 heavy (non-hydrogen) atoms. The minimum Gasteiger partial charge on any atom is -0.506 e. The molecule has 0 spiro atoms. The number of ether oxygens (including phenoxy) is 2. The standard InChI is InChI=1S/C14H13NO5/c1-19-13(17)12-7-11(16)8-15(12)14(18)20-9-10-5-3-2-4-6-10/h2-8,16H,9H2,1H3. The highest BCUT2D eigenvalue weighted by Gasteiger charge is 2.19. The maximum absolute atomic E-state index is 11.9. The van der Waals surface area contributed by atoms with Gasteiger partial charge >= 0.3 is 12.1 Å². The van der Waals surface area contributed by atoms with Crippen LogP contribution in [-0.4, -0.2) is 28.8 Å². The van der Waals surface area contributed by atoms with Crippen LogP contribution in [0.2, 0.25) is 0 Å². The normalized spacial score (nSPS) is 10.1. The SMILES string of the molecule is COC(=O)c1cc(O)cn1C(=O)OCc1ccccc1. The number of benzene rings is 1. The molecule has 0 atom stereocenters. The van der Waals surface area contributed by atoms with Gasteiger partial charge in [-0.15, -0.1) is 0 Å². The van der Waals surface area contributed by atoms with Crippen molar-refractivity contribution < 1.29 is 24.2 Å². The van der Waals surface area contributed by atoms with Gasteiger partial charge in [-0.2, -0.15) is 0 Å². The highest BCUT2D eigenvalue weighted by atomic mass is 16.6. The molecular weight excluding hydrogens is 262 g/mol. The molecule has 0 unspecified atom stereocenters. The second-order valence-electron chi connectivity index (χ2n) is 3.99. The summed E-state index contributed by atoms with van der Waals surface area (Å²) in [5.74, 6) is -0.955. The summed E-state index contributed by atoms with van der Waals surface area (Å²) >= 11 is 0. The van der Waals surface area contributed by atoms with Gasteiger partial charge in [-0.05, 0) is 5.56 Å². The Morgan fingerprint density at radius 1 is 1.25 bits per heavy atom. The monoisotopic (exact) mass is 275 g/mol. The molecule has 2 aromatic rings. The number of nitrogens with zero attached hydrogens (tertiary/aromatic N) is 1. The summed E-state index contributed by atoms with van der Waals surface area (Å²) in [7, 11) is 1.19.